The van der Waals surface area contributed by atoms with Crippen molar-refractivity contribution in [3.8, 4) is 0 Å². The van der Waals surface area contributed by atoms with E-state index in [4.69, 9.17) is 14.2 Å². The minimum atomic E-state index is -1.10. The first-order chi connectivity index (χ1) is 9.20. The van der Waals surface area contributed by atoms with Crippen molar-refractivity contribution in [2.45, 2.75) is 64.0 Å². The zero-order valence-electron chi connectivity index (χ0n) is 11.5. The highest BCUT2D eigenvalue weighted by Crippen LogP contribution is 2.31. The molecule has 4 nitrogen and oxygen atoms in total. The molecule has 5 heteroatoms. The third kappa shape index (κ3) is 4.14. The Morgan fingerprint density at radius 2 is 2.16 bits per heavy atom. The highest BCUT2D eigenvalue weighted by atomic mass is 19.1. The van der Waals surface area contributed by atoms with E-state index in [9.17, 15) is 9.18 Å². The van der Waals surface area contributed by atoms with E-state index in [1.165, 1.54) is 0 Å². The lowest BCUT2D eigenvalue weighted by Crippen LogP contribution is -2.39. The van der Waals surface area contributed by atoms with Crippen molar-refractivity contribution in [2.24, 2.45) is 5.92 Å². The fourth-order valence-corrected chi connectivity index (χ4v) is 2.73. The van der Waals surface area contributed by atoms with Crippen molar-refractivity contribution < 1.29 is 23.4 Å². The zero-order chi connectivity index (χ0) is 13.7. The molecular formula is C14H23FO4. The molecule has 2 aliphatic rings. The number of hydrogen-bond donors (Lipinski definition) is 0. The molecule has 0 aromatic rings. The minimum absolute atomic E-state index is 0.205. The van der Waals surface area contributed by atoms with Crippen molar-refractivity contribution >= 4 is 5.97 Å². The molecule has 4 atom stereocenters. The summed E-state index contributed by atoms with van der Waals surface area (Å²) in [7, 11) is 0. The summed E-state index contributed by atoms with van der Waals surface area (Å²) in [6, 6.07) is 0. The van der Waals surface area contributed by atoms with Crippen LogP contribution < -0.4 is 0 Å². The normalized spacial score (nSPS) is 35.9. The number of alkyl halides is 1. The van der Waals surface area contributed by atoms with Gasteiger partial charge in [-0.25, -0.2) is 4.39 Å². The number of esters is 1. The van der Waals surface area contributed by atoms with E-state index in [0.29, 0.717) is 26.1 Å². The highest BCUT2D eigenvalue weighted by Gasteiger charge is 2.36. The van der Waals surface area contributed by atoms with E-state index in [0.717, 1.165) is 19.3 Å². The Kier molecular flexibility index (Phi) is 5.58. The van der Waals surface area contributed by atoms with Gasteiger partial charge >= 0.3 is 5.97 Å². The molecule has 0 amide bonds. The standard InChI is InChI=1S/C14H23FO4/c1-2-17-14(16)10-6-7-12(11(15)9-10)19-13-5-3-4-8-18-13/h10-13H,2-9H2,1H3/t10-,11?,12-,13?/m0/s1. The predicted molar refractivity (Wildman–Crippen MR) is 67.3 cm³/mol. The van der Waals surface area contributed by atoms with Crippen LogP contribution >= 0.6 is 0 Å². The third-order valence-electron chi connectivity index (χ3n) is 3.80. The smallest absolute Gasteiger partial charge is 0.309 e. The fourth-order valence-electron chi connectivity index (χ4n) is 2.73. The maximum absolute atomic E-state index is 14.1. The van der Waals surface area contributed by atoms with Crippen LogP contribution in [0.4, 0.5) is 4.39 Å². The van der Waals surface area contributed by atoms with Crippen LogP contribution in [0.2, 0.25) is 0 Å². The average Bonchev–Trinajstić information content (AvgIpc) is 2.42. The lowest BCUT2D eigenvalue weighted by atomic mass is 9.86. The molecule has 0 aromatic heterocycles. The van der Waals surface area contributed by atoms with Crippen molar-refractivity contribution in [3.63, 3.8) is 0 Å². The van der Waals surface area contributed by atoms with Crippen LogP contribution in [-0.2, 0) is 19.0 Å². The van der Waals surface area contributed by atoms with Gasteiger partial charge in [0.15, 0.2) is 6.29 Å². The molecule has 0 aromatic carbocycles. The Morgan fingerprint density at radius 1 is 1.32 bits per heavy atom. The molecule has 1 aliphatic heterocycles. The summed E-state index contributed by atoms with van der Waals surface area (Å²) in [5.74, 6) is -0.598. The molecule has 0 spiro atoms. The first kappa shape index (κ1) is 14.7. The van der Waals surface area contributed by atoms with E-state index >= 15 is 0 Å². The van der Waals surface area contributed by atoms with Crippen LogP contribution in [0.1, 0.15) is 45.4 Å². The molecule has 1 aliphatic carbocycles. The number of ether oxygens (including phenoxy) is 3. The molecular weight excluding hydrogens is 251 g/mol. The summed E-state index contributed by atoms with van der Waals surface area (Å²) in [5.41, 5.74) is 0. The van der Waals surface area contributed by atoms with Crippen LogP contribution in [0.25, 0.3) is 0 Å². The summed E-state index contributed by atoms with van der Waals surface area (Å²) in [5, 5.41) is 0. The maximum Gasteiger partial charge on any atom is 0.309 e. The molecule has 2 rings (SSSR count). The monoisotopic (exact) mass is 274 g/mol. The van der Waals surface area contributed by atoms with Crippen LogP contribution in [-0.4, -0.2) is 37.7 Å². The number of carbonyl (C=O) groups excluding carboxylic acids is 1. The number of rotatable bonds is 4. The van der Waals surface area contributed by atoms with Crippen LogP contribution in [0.15, 0.2) is 0 Å². The van der Waals surface area contributed by atoms with Gasteiger partial charge in [-0.1, -0.05) is 0 Å². The Bertz CT molecular complexity index is 291. The van der Waals surface area contributed by atoms with E-state index in [-0.39, 0.29) is 24.6 Å². The van der Waals surface area contributed by atoms with Crippen molar-refractivity contribution in [1.29, 1.82) is 0 Å². The van der Waals surface area contributed by atoms with Gasteiger partial charge in [-0.05, 0) is 45.4 Å². The Morgan fingerprint density at radius 3 is 2.79 bits per heavy atom. The Hall–Kier alpha value is -0.680. The van der Waals surface area contributed by atoms with Crippen molar-refractivity contribution in [3.05, 3.63) is 0 Å². The van der Waals surface area contributed by atoms with E-state index < -0.39 is 12.3 Å². The second-order valence-electron chi connectivity index (χ2n) is 5.25. The van der Waals surface area contributed by atoms with Gasteiger partial charge in [-0.3, -0.25) is 4.79 Å². The molecule has 1 saturated heterocycles. The van der Waals surface area contributed by atoms with Gasteiger partial charge < -0.3 is 14.2 Å². The summed E-state index contributed by atoms with van der Waals surface area (Å²) < 4.78 is 30.2. The lowest BCUT2D eigenvalue weighted by Gasteiger charge is -2.34. The van der Waals surface area contributed by atoms with Gasteiger partial charge in [0.05, 0.1) is 18.6 Å². The minimum Gasteiger partial charge on any atom is -0.466 e. The molecule has 2 unspecified atom stereocenters. The van der Waals surface area contributed by atoms with E-state index in [1.54, 1.807) is 6.92 Å². The number of carbonyl (C=O) groups is 1. The molecule has 2 fully saturated rings. The molecule has 110 valence electrons. The number of halogens is 1. The van der Waals surface area contributed by atoms with Crippen molar-refractivity contribution in [1.82, 2.24) is 0 Å². The largest absolute Gasteiger partial charge is 0.466 e. The first-order valence-electron chi connectivity index (χ1n) is 7.28. The zero-order valence-corrected chi connectivity index (χ0v) is 11.5. The van der Waals surface area contributed by atoms with E-state index in [2.05, 4.69) is 0 Å². The van der Waals surface area contributed by atoms with Gasteiger partial charge in [0.1, 0.15) is 6.17 Å². The maximum atomic E-state index is 14.1. The second kappa shape index (κ2) is 7.20. The van der Waals surface area contributed by atoms with Crippen LogP contribution in [0.5, 0.6) is 0 Å². The van der Waals surface area contributed by atoms with Crippen molar-refractivity contribution in [2.75, 3.05) is 13.2 Å². The molecule has 1 heterocycles. The fraction of sp³-hybridized carbons (Fsp3) is 0.929. The lowest BCUT2D eigenvalue weighted by molar-refractivity contribution is -0.208. The van der Waals surface area contributed by atoms with Crippen LogP contribution in [0, 0.1) is 5.92 Å². The van der Waals surface area contributed by atoms with E-state index in [1.807, 2.05) is 0 Å². The molecule has 0 bridgehead atoms. The molecule has 0 N–H and O–H groups in total. The molecule has 1 saturated carbocycles. The molecule has 0 radical (unpaired) electrons. The molecule has 19 heavy (non-hydrogen) atoms. The Labute approximate surface area is 113 Å². The summed E-state index contributed by atoms with van der Waals surface area (Å²) in [4.78, 5) is 11.6. The van der Waals surface area contributed by atoms with Gasteiger partial charge in [-0.2, -0.15) is 0 Å². The SMILES string of the molecule is CCOC(=O)[C@H]1CC[C@H](OC2CCCCO2)C(F)C1. The third-order valence-corrected chi connectivity index (χ3v) is 3.80. The summed E-state index contributed by atoms with van der Waals surface area (Å²) in [6.07, 6.45) is 2.55. The van der Waals surface area contributed by atoms with Gasteiger partial charge in [0, 0.05) is 6.61 Å². The Balaban J connectivity index is 1.77. The second-order valence-corrected chi connectivity index (χ2v) is 5.25. The predicted octanol–water partition coefficient (Wildman–Crippen LogP) is 2.60. The van der Waals surface area contributed by atoms with Gasteiger partial charge in [0.2, 0.25) is 0 Å². The first-order valence-corrected chi connectivity index (χ1v) is 7.28. The van der Waals surface area contributed by atoms with Gasteiger partial charge in [-0.15, -0.1) is 0 Å². The number of hydrogen-bond acceptors (Lipinski definition) is 4. The average molecular weight is 274 g/mol. The summed E-state index contributed by atoms with van der Waals surface area (Å²) in [6.45, 7) is 2.81. The topological polar surface area (TPSA) is 44.8 Å². The summed E-state index contributed by atoms with van der Waals surface area (Å²) >= 11 is 0. The van der Waals surface area contributed by atoms with Gasteiger partial charge in [0.25, 0.3) is 0 Å². The van der Waals surface area contributed by atoms with Crippen LogP contribution in [0.3, 0.4) is 0 Å². The quantitative estimate of drug-likeness (QED) is 0.739. The highest BCUT2D eigenvalue weighted by molar-refractivity contribution is 5.72.